The molecule has 0 unspecified atom stereocenters. The van der Waals surface area contributed by atoms with E-state index in [2.05, 4.69) is 15.3 Å². The van der Waals surface area contributed by atoms with Crippen LogP contribution in [0.1, 0.15) is 10.4 Å². The number of hydrogen-bond donors (Lipinski definition) is 1. The minimum Gasteiger partial charge on any atom is -0.321 e. The molecule has 0 saturated heterocycles. The summed E-state index contributed by atoms with van der Waals surface area (Å²) in [5.74, 6) is -1.97. The summed E-state index contributed by atoms with van der Waals surface area (Å²) < 4.78 is 27.7. The van der Waals surface area contributed by atoms with Crippen molar-refractivity contribution in [2.45, 2.75) is 0 Å². The molecule has 1 amide bonds. The Balaban J connectivity index is 1.75. The maximum Gasteiger partial charge on any atom is 0.255 e. The summed E-state index contributed by atoms with van der Waals surface area (Å²) in [5.41, 5.74) is 0.469. The summed E-state index contributed by atoms with van der Waals surface area (Å²) in [6, 6.07) is 6.31. The number of rotatable bonds is 3. The van der Waals surface area contributed by atoms with E-state index in [9.17, 15) is 13.6 Å². The molecule has 0 atom stereocenters. The fourth-order valence-electron chi connectivity index (χ4n) is 1.85. The van der Waals surface area contributed by atoms with Gasteiger partial charge in [-0.05, 0) is 30.3 Å². The van der Waals surface area contributed by atoms with Gasteiger partial charge in [0.05, 0.1) is 11.9 Å². The molecule has 2 aromatic heterocycles. The van der Waals surface area contributed by atoms with E-state index in [-0.39, 0.29) is 5.56 Å². The highest BCUT2D eigenvalue weighted by Gasteiger charge is 2.10. The van der Waals surface area contributed by atoms with Crippen LogP contribution in [0.3, 0.4) is 0 Å². The smallest absolute Gasteiger partial charge is 0.255 e. The Morgan fingerprint density at radius 3 is 2.64 bits per heavy atom. The predicted octanol–water partition coefficient (Wildman–Crippen LogP) is 2.80. The summed E-state index contributed by atoms with van der Waals surface area (Å²) in [5, 5.41) is 2.56. The number of imidazole rings is 1. The Labute approximate surface area is 124 Å². The average molecular weight is 300 g/mol. The number of nitrogens with zero attached hydrogens (tertiary/aromatic N) is 3. The molecule has 0 radical (unpaired) electrons. The van der Waals surface area contributed by atoms with Crippen molar-refractivity contribution in [3.8, 4) is 5.82 Å². The first-order valence-electron chi connectivity index (χ1n) is 6.34. The van der Waals surface area contributed by atoms with E-state index in [0.717, 1.165) is 12.1 Å². The highest BCUT2D eigenvalue weighted by atomic mass is 19.2. The lowest BCUT2D eigenvalue weighted by Crippen LogP contribution is -2.12. The molecular formula is C15H10F2N4O. The fourth-order valence-corrected chi connectivity index (χ4v) is 1.85. The molecule has 3 aromatic rings. The number of carbonyl (C=O) groups is 1. The molecule has 1 N–H and O–H groups in total. The van der Waals surface area contributed by atoms with Crippen molar-refractivity contribution in [2.24, 2.45) is 0 Å². The number of pyridine rings is 1. The Kier molecular flexibility index (Phi) is 3.61. The molecule has 22 heavy (non-hydrogen) atoms. The molecule has 5 nitrogen and oxygen atoms in total. The number of nitrogens with one attached hydrogen (secondary N) is 1. The van der Waals surface area contributed by atoms with Crippen molar-refractivity contribution in [3.05, 3.63) is 72.4 Å². The molecule has 0 saturated carbocycles. The van der Waals surface area contributed by atoms with Crippen molar-refractivity contribution in [3.63, 3.8) is 0 Å². The summed E-state index contributed by atoms with van der Waals surface area (Å²) >= 11 is 0. The van der Waals surface area contributed by atoms with Gasteiger partial charge in [0, 0.05) is 18.0 Å². The van der Waals surface area contributed by atoms with Crippen LogP contribution < -0.4 is 5.32 Å². The zero-order valence-electron chi connectivity index (χ0n) is 11.2. The van der Waals surface area contributed by atoms with Gasteiger partial charge in [-0.1, -0.05) is 0 Å². The lowest BCUT2D eigenvalue weighted by atomic mass is 10.2. The first-order valence-corrected chi connectivity index (χ1v) is 6.34. The quantitative estimate of drug-likeness (QED) is 0.809. The Morgan fingerprint density at radius 1 is 1.14 bits per heavy atom. The van der Waals surface area contributed by atoms with Crippen LogP contribution in [0.2, 0.25) is 0 Å². The zero-order valence-corrected chi connectivity index (χ0v) is 11.2. The number of hydrogen-bond acceptors (Lipinski definition) is 3. The van der Waals surface area contributed by atoms with Gasteiger partial charge in [0.25, 0.3) is 5.91 Å². The molecule has 2 heterocycles. The van der Waals surface area contributed by atoms with Crippen LogP contribution in [0.4, 0.5) is 14.5 Å². The van der Waals surface area contributed by atoms with Gasteiger partial charge in [-0.3, -0.25) is 9.36 Å². The van der Waals surface area contributed by atoms with Crippen LogP contribution in [0.5, 0.6) is 0 Å². The molecule has 0 fully saturated rings. The summed E-state index contributed by atoms with van der Waals surface area (Å²) in [6.07, 6.45) is 6.43. The van der Waals surface area contributed by atoms with E-state index in [4.69, 9.17) is 0 Å². The predicted molar refractivity (Wildman–Crippen MR) is 75.7 cm³/mol. The summed E-state index contributed by atoms with van der Waals surface area (Å²) in [6.45, 7) is 0. The number of anilines is 1. The second-order valence-corrected chi connectivity index (χ2v) is 4.46. The molecular weight excluding hydrogens is 290 g/mol. The van der Waals surface area contributed by atoms with E-state index >= 15 is 0 Å². The van der Waals surface area contributed by atoms with Crippen LogP contribution in [-0.4, -0.2) is 20.4 Å². The van der Waals surface area contributed by atoms with Gasteiger partial charge in [-0.15, -0.1) is 0 Å². The standard InChI is InChI=1S/C15H10F2N4O/c16-12-3-1-10(7-13(12)17)15(22)20-11-2-4-14(19-8-11)21-6-5-18-9-21/h1-9H,(H,20,22). The Bertz CT molecular complexity index is 801. The maximum atomic E-state index is 13.1. The molecule has 1 aromatic carbocycles. The molecule has 0 aliphatic carbocycles. The van der Waals surface area contributed by atoms with Crippen molar-refractivity contribution in [2.75, 3.05) is 5.32 Å². The van der Waals surface area contributed by atoms with Crippen LogP contribution in [0.15, 0.2) is 55.2 Å². The minimum atomic E-state index is -1.07. The van der Waals surface area contributed by atoms with Gasteiger partial charge < -0.3 is 5.32 Å². The fraction of sp³-hybridized carbons (Fsp3) is 0. The van der Waals surface area contributed by atoms with Gasteiger partial charge in [0.15, 0.2) is 11.6 Å². The number of benzene rings is 1. The lowest BCUT2D eigenvalue weighted by molar-refractivity contribution is 0.102. The SMILES string of the molecule is O=C(Nc1ccc(-n2ccnc2)nc1)c1ccc(F)c(F)c1. The second-order valence-electron chi connectivity index (χ2n) is 4.46. The normalized spacial score (nSPS) is 10.5. The first-order chi connectivity index (χ1) is 10.6. The van der Waals surface area contributed by atoms with Crippen molar-refractivity contribution in [1.29, 1.82) is 0 Å². The topological polar surface area (TPSA) is 59.8 Å². The maximum absolute atomic E-state index is 13.1. The first kappa shape index (κ1) is 13.9. The second kappa shape index (κ2) is 5.72. The third-order valence-electron chi connectivity index (χ3n) is 2.96. The largest absolute Gasteiger partial charge is 0.321 e. The van der Waals surface area contributed by atoms with Crippen LogP contribution in [-0.2, 0) is 0 Å². The molecule has 0 spiro atoms. The Morgan fingerprint density at radius 2 is 2.00 bits per heavy atom. The van der Waals surface area contributed by atoms with E-state index in [0.29, 0.717) is 11.5 Å². The molecule has 110 valence electrons. The molecule has 7 heteroatoms. The summed E-state index contributed by atoms with van der Waals surface area (Å²) in [7, 11) is 0. The average Bonchev–Trinajstić information content (AvgIpc) is 3.05. The third-order valence-corrected chi connectivity index (χ3v) is 2.96. The van der Waals surface area contributed by atoms with E-state index in [1.807, 2.05) is 0 Å². The number of halogens is 2. The van der Waals surface area contributed by atoms with Gasteiger partial charge in [-0.2, -0.15) is 0 Å². The van der Waals surface area contributed by atoms with Crippen molar-refractivity contribution < 1.29 is 13.6 Å². The van der Waals surface area contributed by atoms with Gasteiger partial charge in [0.1, 0.15) is 12.1 Å². The van der Waals surface area contributed by atoms with Crippen molar-refractivity contribution >= 4 is 11.6 Å². The highest BCUT2D eigenvalue weighted by molar-refractivity contribution is 6.04. The minimum absolute atomic E-state index is 0.0255. The molecule has 0 aliphatic rings. The lowest BCUT2D eigenvalue weighted by Gasteiger charge is -2.06. The monoisotopic (exact) mass is 300 g/mol. The third kappa shape index (κ3) is 2.83. The van der Waals surface area contributed by atoms with E-state index in [1.165, 1.54) is 12.3 Å². The highest BCUT2D eigenvalue weighted by Crippen LogP contribution is 2.13. The van der Waals surface area contributed by atoms with Crippen LogP contribution >= 0.6 is 0 Å². The molecule has 0 bridgehead atoms. The number of carbonyl (C=O) groups excluding carboxylic acids is 1. The molecule has 3 rings (SSSR count). The van der Waals surface area contributed by atoms with Crippen LogP contribution in [0, 0.1) is 11.6 Å². The van der Waals surface area contributed by atoms with Gasteiger partial charge in [-0.25, -0.2) is 18.7 Å². The van der Waals surface area contributed by atoms with Gasteiger partial charge in [0.2, 0.25) is 0 Å². The summed E-state index contributed by atoms with van der Waals surface area (Å²) in [4.78, 5) is 20.0. The number of amides is 1. The van der Waals surface area contributed by atoms with Crippen LogP contribution in [0.25, 0.3) is 5.82 Å². The van der Waals surface area contributed by atoms with Gasteiger partial charge >= 0.3 is 0 Å². The zero-order chi connectivity index (χ0) is 15.5. The van der Waals surface area contributed by atoms with Crippen molar-refractivity contribution in [1.82, 2.24) is 14.5 Å². The van der Waals surface area contributed by atoms with E-state index < -0.39 is 17.5 Å². The molecule has 0 aliphatic heterocycles. The number of aromatic nitrogens is 3. The van der Waals surface area contributed by atoms with E-state index in [1.54, 1.807) is 35.4 Å². The Hall–Kier alpha value is -3.09.